The topological polar surface area (TPSA) is 9.23 Å². The maximum atomic E-state index is 6.26. The standard InChI is InChI=1S/C21H32OSi/c1-17-10-12-18(13-11-17)19-9-8-14-21(19,5)15-16-22-23(6,7)20(2,3)4/h9-13,15-16H,8,14H2,1-7H3/b16-15-. The van der Waals surface area contributed by atoms with Crippen LogP contribution in [0.1, 0.15) is 51.7 Å². The molecule has 2 rings (SSSR count). The Bertz CT molecular complexity index is 602. The van der Waals surface area contributed by atoms with E-state index in [-0.39, 0.29) is 10.5 Å². The largest absolute Gasteiger partial charge is 0.549 e. The molecular formula is C21H32OSi. The third kappa shape index (κ3) is 3.98. The van der Waals surface area contributed by atoms with E-state index in [1.165, 1.54) is 16.7 Å². The average molecular weight is 329 g/mol. The summed E-state index contributed by atoms with van der Waals surface area (Å²) in [5, 5.41) is 0.240. The lowest BCUT2D eigenvalue weighted by atomic mass is 9.80. The fourth-order valence-corrected chi connectivity index (χ4v) is 3.53. The number of aryl methyl sites for hydroxylation is 1. The minimum absolute atomic E-state index is 0.0810. The Balaban J connectivity index is 2.16. The van der Waals surface area contributed by atoms with Crippen LogP contribution in [0.2, 0.25) is 18.1 Å². The Hall–Kier alpha value is -1.28. The van der Waals surface area contributed by atoms with E-state index in [1.54, 1.807) is 0 Å². The molecule has 0 amide bonds. The Kier molecular flexibility index (Phi) is 4.96. The van der Waals surface area contributed by atoms with Crippen LogP contribution in [-0.2, 0) is 4.43 Å². The van der Waals surface area contributed by atoms with Gasteiger partial charge in [0, 0.05) is 5.41 Å². The fraction of sp³-hybridized carbons (Fsp3) is 0.524. The van der Waals surface area contributed by atoms with E-state index in [1.807, 2.05) is 6.26 Å². The van der Waals surface area contributed by atoms with Gasteiger partial charge in [-0.1, -0.05) is 63.6 Å². The number of hydrogen-bond donors (Lipinski definition) is 0. The van der Waals surface area contributed by atoms with Crippen molar-refractivity contribution < 1.29 is 4.43 Å². The van der Waals surface area contributed by atoms with Gasteiger partial charge in [-0.05, 0) is 55.1 Å². The summed E-state index contributed by atoms with van der Waals surface area (Å²) in [5.41, 5.74) is 4.17. The van der Waals surface area contributed by atoms with E-state index in [4.69, 9.17) is 4.43 Å². The number of rotatable bonds is 4. The summed E-state index contributed by atoms with van der Waals surface area (Å²) >= 11 is 0. The molecule has 2 heteroatoms. The summed E-state index contributed by atoms with van der Waals surface area (Å²) < 4.78 is 6.26. The van der Waals surface area contributed by atoms with Gasteiger partial charge in [-0.25, -0.2) is 0 Å². The molecule has 1 aliphatic carbocycles. The molecule has 1 aromatic carbocycles. The van der Waals surface area contributed by atoms with Crippen molar-refractivity contribution in [3.05, 3.63) is 53.8 Å². The van der Waals surface area contributed by atoms with Gasteiger partial charge in [-0.15, -0.1) is 0 Å². The van der Waals surface area contributed by atoms with Crippen molar-refractivity contribution in [3.8, 4) is 0 Å². The molecule has 23 heavy (non-hydrogen) atoms. The highest BCUT2D eigenvalue weighted by Crippen LogP contribution is 2.46. The molecule has 0 aromatic heterocycles. The van der Waals surface area contributed by atoms with Gasteiger partial charge in [0.25, 0.3) is 0 Å². The molecule has 1 aliphatic rings. The van der Waals surface area contributed by atoms with E-state index >= 15 is 0 Å². The zero-order valence-corrected chi connectivity index (χ0v) is 16.9. The molecule has 0 heterocycles. The quantitative estimate of drug-likeness (QED) is 0.440. The van der Waals surface area contributed by atoms with Crippen LogP contribution in [0.25, 0.3) is 5.57 Å². The maximum Gasteiger partial charge on any atom is 0.249 e. The summed E-state index contributed by atoms with van der Waals surface area (Å²) in [4.78, 5) is 0. The van der Waals surface area contributed by atoms with Crippen LogP contribution in [-0.4, -0.2) is 8.32 Å². The van der Waals surface area contributed by atoms with Crippen LogP contribution in [0.15, 0.2) is 42.7 Å². The SMILES string of the molecule is Cc1ccc(C2=CCCC2(C)/C=C\O[Si](C)(C)C(C)(C)C)cc1. The molecule has 1 nitrogen and oxygen atoms in total. The lowest BCUT2D eigenvalue weighted by molar-refractivity contribution is 0.418. The maximum absolute atomic E-state index is 6.26. The molecule has 126 valence electrons. The zero-order chi connectivity index (χ0) is 17.3. The second-order valence-electron chi connectivity index (χ2n) is 8.62. The summed E-state index contributed by atoms with van der Waals surface area (Å²) in [6.07, 6.45) is 8.97. The van der Waals surface area contributed by atoms with Gasteiger partial charge in [-0.3, -0.25) is 0 Å². The molecule has 0 N–H and O–H groups in total. The van der Waals surface area contributed by atoms with Crippen LogP contribution in [0.3, 0.4) is 0 Å². The molecule has 1 aromatic rings. The first-order valence-electron chi connectivity index (χ1n) is 8.68. The summed E-state index contributed by atoms with van der Waals surface area (Å²) in [6.45, 7) is 15.9. The molecule has 0 fully saturated rings. The minimum Gasteiger partial charge on any atom is -0.549 e. The highest BCUT2D eigenvalue weighted by molar-refractivity contribution is 6.74. The van der Waals surface area contributed by atoms with Gasteiger partial charge in [0.15, 0.2) is 0 Å². The Morgan fingerprint density at radius 2 is 1.74 bits per heavy atom. The van der Waals surface area contributed by atoms with Crippen molar-refractivity contribution in [2.45, 2.75) is 65.6 Å². The van der Waals surface area contributed by atoms with Crippen molar-refractivity contribution in [2.75, 3.05) is 0 Å². The lowest BCUT2D eigenvalue weighted by Crippen LogP contribution is -2.39. The van der Waals surface area contributed by atoms with Gasteiger partial charge < -0.3 is 4.43 Å². The van der Waals surface area contributed by atoms with Crippen LogP contribution in [0.5, 0.6) is 0 Å². The first-order chi connectivity index (χ1) is 10.6. The Morgan fingerprint density at radius 3 is 2.30 bits per heavy atom. The van der Waals surface area contributed by atoms with E-state index in [0.29, 0.717) is 0 Å². The number of allylic oxidation sites excluding steroid dienone is 3. The van der Waals surface area contributed by atoms with Gasteiger partial charge in [0.1, 0.15) is 0 Å². The van der Waals surface area contributed by atoms with Crippen LogP contribution in [0, 0.1) is 12.3 Å². The zero-order valence-electron chi connectivity index (χ0n) is 15.9. The van der Waals surface area contributed by atoms with E-state index in [9.17, 15) is 0 Å². The highest BCUT2D eigenvalue weighted by atomic mass is 28.4. The molecule has 0 spiro atoms. The predicted molar refractivity (Wildman–Crippen MR) is 104 cm³/mol. The van der Waals surface area contributed by atoms with Gasteiger partial charge >= 0.3 is 0 Å². The molecule has 1 atom stereocenters. The normalized spacial score (nSPS) is 22.5. The first-order valence-corrected chi connectivity index (χ1v) is 11.6. The monoisotopic (exact) mass is 328 g/mol. The molecule has 0 radical (unpaired) electrons. The summed E-state index contributed by atoms with van der Waals surface area (Å²) in [5.74, 6) is 0. The third-order valence-corrected chi connectivity index (χ3v) is 9.93. The number of hydrogen-bond acceptors (Lipinski definition) is 1. The minimum atomic E-state index is -1.72. The molecule has 0 bridgehead atoms. The van der Waals surface area contributed by atoms with E-state index < -0.39 is 8.32 Å². The van der Waals surface area contributed by atoms with Crippen LogP contribution in [0.4, 0.5) is 0 Å². The van der Waals surface area contributed by atoms with Crippen LogP contribution < -0.4 is 0 Å². The fourth-order valence-electron chi connectivity index (χ4n) is 2.77. The van der Waals surface area contributed by atoms with E-state index in [0.717, 1.165) is 12.8 Å². The molecule has 0 saturated carbocycles. The van der Waals surface area contributed by atoms with Crippen LogP contribution >= 0.6 is 0 Å². The highest BCUT2D eigenvalue weighted by Gasteiger charge is 2.38. The Labute approximate surface area is 143 Å². The van der Waals surface area contributed by atoms with Gasteiger partial charge in [0.2, 0.25) is 8.32 Å². The molecule has 0 saturated heterocycles. The van der Waals surface area contributed by atoms with Crippen molar-refractivity contribution >= 4 is 13.9 Å². The molecular weight excluding hydrogens is 296 g/mol. The van der Waals surface area contributed by atoms with Crippen molar-refractivity contribution in [1.29, 1.82) is 0 Å². The number of benzene rings is 1. The summed E-state index contributed by atoms with van der Waals surface area (Å²) in [7, 11) is -1.72. The van der Waals surface area contributed by atoms with Crippen molar-refractivity contribution in [1.82, 2.24) is 0 Å². The van der Waals surface area contributed by atoms with Gasteiger partial charge in [-0.2, -0.15) is 0 Å². The second kappa shape index (κ2) is 6.31. The van der Waals surface area contributed by atoms with E-state index in [2.05, 4.69) is 84.1 Å². The van der Waals surface area contributed by atoms with Crippen molar-refractivity contribution in [3.63, 3.8) is 0 Å². The predicted octanol–water partition coefficient (Wildman–Crippen LogP) is 6.71. The average Bonchev–Trinajstić information content (AvgIpc) is 2.80. The van der Waals surface area contributed by atoms with Crippen molar-refractivity contribution in [2.24, 2.45) is 5.41 Å². The molecule has 0 aliphatic heterocycles. The first kappa shape index (κ1) is 18.1. The summed E-state index contributed by atoms with van der Waals surface area (Å²) in [6, 6.07) is 8.88. The Morgan fingerprint density at radius 1 is 1.13 bits per heavy atom. The third-order valence-electron chi connectivity index (χ3n) is 5.59. The second-order valence-corrected chi connectivity index (χ2v) is 13.4. The molecule has 1 unspecified atom stereocenters. The smallest absolute Gasteiger partial charge is 0.249 e. The van der Waals surface area contributed by atoms with Gasteiger partial charge in [0.05, 0.1) is 6.26 Å². The lowest BCUT2D eigenvalue weighted by Gasteiger charge is -2.35.